The van der Waals surface area contributed by atoms with Crippen LogP contribution in [0.15, 0.2) is 0 Å². The third kappa shape index (κ3) is 47.9. The number of ether oxygens (including phenoxy) is 3. The zero-order valence-corrected chi connectivity index (χ0v) is 42.5. The van der Waals surface area contributed by atoms with Crippen molar-refractivity contribution in [2.24, 2.45) is 11.8 Å². The molecule has 1 unspecified atom stereocenters. The van der Waals surface area contributed by atoms with Gasteiger partial charge in [-0.2, -0.15) is 0 Å². The summed E-state index contributed by atoms with van der Waals surface area (Å²) in [7, 11) is 0. The smallest absolute Gasteiger partial charge is 0.306 e. The third-order valence-electron chi connectivity index (χ3n) is 13.1. The van der Waals surface area contributed by atoms with Crippen LogP contribution in [0.1, 0.15) is 311 Å². The lowest BCUT2D eigenvalue weighted by Gasteiger charge is -2.18. The zero-order valence-electron chi connectivity index (χ0n) is 42.5. The lowest BCUT2D eigenvalue weighted by Crippen LogP contribution is -2.30. The topological polar surface area (TPSA) is 78.9 Å². The number of hydrogen-bond acceptors (Lipinski definition) is 6. The number of carbonyl (C=O) groups is 3. The minimum absolute atomic E-state index is 0.0640. The molecule has 0 aromatic heterocycles. The Morgan fingerprint density at radius 3 is 0.919 bits per heavy atom. The molecule has 6 heteroatoms. The van der Waals surface area contributed by atoms with E-state index in [1.165, 1.54) is 199 Å². The number of esters is 3. The normalized spacial score (nSPS) is 12.5. The van der Waals surface area contributed by atoms with Crippen LogP contribution >= 0.6 is 0 Å². The molecule has 6 nitrogen and oxygen atoms in total. The van der Waals surface area contributed by atoms with Gasteiger partial charge in [0.1, 0.15) is 13.2 Å². The summed E-state index contributed by atoms with van der Waals surface area (Å²) in [4.78, 5) is 38.0. The highest BCUT2D eigenvalue weighted by atomic mass is 16.6. The molecule has 0 bridgehead atoms. The molecule has 0 aliphatic heterocycles. The standard InChI is InChI=1S/C56H108O6/c1-6-8-9-10-11-12-13-14-17-21-24-27-30-36-41-46-54(57)60-49-53(62-56(59)48-43-38-33-32-35-40-45-52(5)7-2)50-61-55(58)47-42-37-31-28-25-22-19-16-15-18-20-23-26-29-34-39-44-51(3)4/h51-53H,6-50H2,1-5H3/t52?,53-/m1/s1. The predicted molar refractivity (Wildman–Crippen MR) is 266 cm³/mol. The van der Waals surface area contributed by atoms with Crippen molar-refractivity contribution in [1.29, 1.82) is 0 Å². The van der Waals surface area contributed by atoms with Crippen LogP contribution in [-0.4, -0.2) is 37.2 Å². The average molecular weight is 877 g/mol. The van der Waals surface area contributed by atoms with Crippen LogP contribution in [0.5, 0.6) is 0 Å². The van der Waals surface area contributed by atoms with Gasteiger partial charge in [0.05, 0.1) is 0 Å². The molecule has 0 heterocycles. The Balaban J connectivity index is 4.23. The summed E-state index contributed by atoms with van der Waals surface area (Å²) >= 11 is 0. The van der Waals surface area contributed by atoms with Gasteiger partial charge in [-0.15, -0.1) is 0 Å². The highest BCUT2D eigenvalue weighted by Crippen LogP contribution is 2.18. The Morgan fingerprint density at radius 2 is 0.613 bits per heavy atom. The van der Waals surface area contributed by atoms with E-state index in [1.807, 2.05) is 0 Å². The van der Waals surface area contributed by atoms with Gasteiger partial charge in [0.25, 0.3) is 0 Å². The molecule has 0 saturated heterocycles. The summed E-state index contributed by atoms with van der Waals surface area (Å²) in [5.74, 6) is 0.816. The summed E-state index contributed by atoms with van der Waals surface area (Å²) in [5, 5.41) is 0. The van der Waals surface area contributed by atoms with E-state index in [2.05, 4.69) is 34.6 Å². The first-order valence-electron chi connectivity index (χ1n) is 27.8. The maximum Gasteiger partial charge on any atom is 0.306 e. The van der Waals surface area contributed by atoms with E-state index in [9.17, 15) is 14.4 Å². The van der Waals surface area contributed by atoms with E-state index < -0.39 is 6.10 Å². The molecular weight excluding hydrogens is 769 g/mol. The monoisotopic (exact) mass is 877 g/mol. The summed E-state index contributed by atoms with van der Waals surface area (Å²) in [6.45, 7) is 11.4. The molecule has 0 rings (SSSR count). The molecule has 0 aromatic carbocycles. The van der Waals surface area contributed by atoms with Crippen molar-refractivity contribution in [3.8, 4) is 0 Å². The lowest BCUT2D eigenvalue weighted by atomic mass is 10.00. The minimum Gasteiger partial charge on any atom is -0.462 e. The van der Waals surface area contributed by atoms with E-state index in [-0.39, 0.29) is 31.1 Å². The van der Waals surface area contributed by atoms with Crippen molar-refractivity contribution in [3.63, 3.8) is 0 Å². The van der Waals surface area contributed by atoms with Gasteiger partial charge in [0.2, 0.25) is 0 Å². The first-order valence-corrected chi connectivity index (χ1v) is 27.8. The molecule has 0 amide bonds. The Bertz CT molecular complexity index is 949. The molecule has 0 fully saturated rings. The highest BCUT2D eigenvalue weighted by Gasteiger charge is 2.19. The van der Waals surface area contributed by atoms with Gasteiger partial charge in [-0.05, 0) is 31.1 Å². The Hall–Kier alpha value is -1.59. The number of hydrogen-bond donors (Lipinski definition) is 0. The van der Waals surface area contributed by atoms with Crippen LogP contribution in [-0.2, 0) is 28.6 Å². The first kappa shape index (κ1) is 60.4. The second-order valence-electron chi connectivity index (χ2n) is 19.9. The number of rotatable bonds is 50. The molecule has 0 radical (unpaired) electrons. The predicted octanol–water partition coefficient (Wildman–Crippen LogP) is 18.1. The van der Waals surface area contributed by atoms with Crippen LogP contribution in [0, 0.1) is 11.8 Å². The van der Waals surface area contributed by atoms with Crippen molar-refractivity contribution >= 4 is 17.9 Å². The van der Waals surface area contributed by atoms with E-state index in [4.69, 9.17) is 14.2 Å². The van der Waals surface area contributed by atoms with Crippen LogP contribution < -0.4 is 0 Å². The van der Waals surface area contributed by atoms with Crippen LogP contribution in [0.25, 0.3) is 0 Å². The average Bonchev–Trinajstić information content (AvgIpc) is 3.26. The second kappa shape index (κ2) is 48.9. The Kier molecular flexibility index (Phi) is 47.6. The molecule has 0 saturated carbocycles. The molecule has 0 N–H and O–H groups in total. The molecule has 0 aromatic rings. The van der Waals surface area contributed by atoms with Gasteiger partial charge in [-0.3, -0.25) is 14.4 Å². The van der Waals surface area contributed by atoms with Crippen LogP contribution in [0.2, 0.25) is 0 Å². The summed E-state index contributed by atoms with van der Waals surface area (Å²) < 4.78 is 16.8. The van der Waals surface area contributed by atoms with Gasteiger partial charge in [0, 0.05) is 19.3 Å². The SMILES string of the molecule is CCCCCCCCCCCCCCCCCC(=O)OC[C@H](COC(=O)CCCCCCCCCCCCCCCCCCC(C)C)OC(=O)CCCCCCCCC(C)CC. The summed E-state index contributed by atoms with van der Waals surface area (Å²) in [6.07, 6.45) is 51.0. The molecular formula is C56H108O6. The third-order valence-corrected chi connectivity index (χ3v) is 13.1. The number of carbonyl (C=O) groups excluding carboxylic acids is 3. The maximum atomic E-state index is 12.8. The molecule has 0 aliphatic rings. The van der Waals surface area contributed by atoms with E-state index in [0.29, 0.717) is 19.3 Å². The van der Waals surface area contributed by atoms with Crippen molar-refractivity contribution in [1.82, 2.24) is 0 Å². The van der Waals surface area contributed by atoms with Crippen LogP contribution in [0.3, 0.4) is 0 Å². The van der Waals surface area contributed by atoms with Gasteiger partial charge < -0.3 is 14.2 Å². The van der Waals surface area contributed by atoms with Gasteiger partial charge in [-0.25, -0.2) is 0 Å². The van der Waals surface area contributed by atoms with Gasteiger partial charge in [0.15, 0.2) is 6.10 Å². The van der Waals surface area contributed by atoms with Crippen molar-refractivity contribution < 1.29 is 28.6 Å². The van der Waals surface area contributed by atoms with Crippen molar-refractivity contribution in [3.05, 3.63) is 0 Å². The summed E-state index contributed by atoms with van der Waals surface area (Å²) in [6, 6.07) is 0. The molecule has 62 heavy (non-hydrogen) atoms. The fraction of sp³-hybridized carbons (Fsp3) is 0.946. The van der Waals surface area contributed by atoms with E-state index in [0.717, 1.165) is 69.6 Å². The minimum atomic E-state index is -0.763. The quantitative estimate of drug-likeness (QED) is 0.0344. The fourth-order valence-corrected chi connectivity index (χ4v) is 8.49. The molecule has 2 atom stereocenters. The zero-order chi connectivity index (χ0) is 45.4. The molecule has 368 valence electrons. The van der Waals surface area contributed by atoms with Gasteiger partial charge in [-0.1, -0.05) is 272 Å². The highest BCUT2D eigenvalue weighted by molar-refractivity contribution is 5.71. The Morgan fingerprint density at radius 1 is 0.339 bits per heavy atom. The summed E-state index contributed by atoms with van der Waals surface area (Å²) in [5.41, 5.74) is 0. The lowest BCUT2D eigenvalue weighted by molar-refractivity contribution is -0.167. The largest absolute Gasteiger partial charge is 0.462 e. The first-order chi connectivity index (χ1) is 30.3. The van der Waals surface area contributed by atoms with E-state index in [1.54, 1.807) is 0 Å². The van der Waals surface area contributed by atoms with Gasteiger partial charge >= 0.3 is 17.9 Å². The van der Waals surface area contributed by atoms with E-state index >= 15 is 0 Å². The molecule has 0 spiro atoms. The molecule has 0 aliphatic carbocycles. The van der Waals surface area contributed by atoms with Crippen LogP contribution in [0.4, 0.5) is 0 Å². The fourth-order valence-electron chi connectivity index (χ4n) is 8.49. The Labute approximate surface area is 387 Å². The van der Waals surface area contributed by atoms with Crippen molar-refractivity contribution in [2.75, 3.05) is 13.2 Å². The maximum absolute atomic E-state index is 12.8. The van der Waals surface area contributed by atoms with Crippen molar-refractivity contribution in [2.45, 2.75) is 317 Å². The number of unbranched alkanes of at least 4 members (excludes halogenated alkanes) is 34. The second-order valence-corrected chi connectivity index (χ2v) is 19.9.